The second kappa shape index (κ2) is 4.25. The molecule has 0 fully saturated rings. The summed E-state index contributed by atoms with van der Waals surface area (Å²) in [5, 5.41) is 21.9. The molecule has 18 heavy (non-hydrogen) atoms. The lowest BCUT2D eigenvalue weighted by molar-refractivity contribution is -0.600. The zero-order valence-electron chi connectivity index (χ0n) is 11.0. The van der Waals surface area contributed by atoms with Crippen LogP contribution in [0, 0.1) is 19.1 Å². The predicted octanol–water partition coefficient (Wildman–Crippen LogP) is 1.71. The number of imidazole rings is 1. The van der Waals surface area contributed by atoms with Crippen LogP contribution in [-0.2, 0) is 0 Å². The molecule has 0 bridgehead atoms. The number of hydrogen-bond donors (Lipinski definition) is 1. The second-order valence-corrected chi connectivity index (χ2v) is 4.54. The van der Waals surface area contributed by atoms with E-state index in [1.165, 1.54) is 0 Å². The summed E-state index contributed by atoms with van der Waals surface area (Å²) in [4.78, 5) is 1.98. The third-order valence-electron chi connectivity index (χ3n) is 3.18. The molecule has 0 atom stereocenters. The highest BCUT2D eigenvalue weighted by molar-refractivity contribution is 5.59. The van der Waals surface area contributed by atoms with Crippen LogP contribution in [0.15, 0.2) is 24.3 Å². The van der Waals surface area contributed by atoms with Gasteiger partial charge >= 0.3 is 5.82 Å². The monoisotopic (exact) mass is 247 g/mol. The Morgan fingerprint density at radius 2 is 1.72 bits per heavy atom. The largest absolute Gasteiger partial charge is 0.710 e. The zero-order chi connectivity index (χ0) is 13.4. The van der Waals surface area contributed by atoms with Gasteiger partial charge in [-0.1, -0.05) is 0 Å². The van der Waals surface area contributed by atoms with Gasteiger partial charge in [-0.2, -0.15) is 0 Å². The van der Waals surface area contributed by atoms with Crippen LogP contribution < -0.4 is 9.63 Å². The Morgan fingerprint density at radius 3 is 2.11 bits per heavy atom. The lowest BCUT2D eigenvalue weighted by Crippen LogP contribution is -2.30. The van der Waals surface area contributed by atoms with Gasteiger partial charge in [0.1, 0.15) is 5.69 Å². The summed E-state index contributed by atoms with van der Waals surface area (Å²) in [6, 6.07) is 7.47. The first-order valence-corrected chi connectivity index (χ1v) is 5.72. The van der Waals surface area contributed by atoms with E-state index < -0.39 is 0 Å². The second-order valence-electron chi connectivity index (χ2n) is 4.54. The summed E-state index contributed by atoms with van der Waals surface area (Å²) >= 11 is 0. The molecule has 1 N–H and O–H groups in total. The van der Waals surface area contributed by atoms with Gasteiger partial charge in [-0.15, -0.1) is 0 Å². The van der Waals surface area contributed by atoms with Gasteiger partial charge < -0.3 is 15.3 Å². The highest BCUT2D eigenvalue weighted by atomic mass is 16.5. The first-order valence-electron chi connectivity index (χ1n) is 5.72. The molecule has 5 nitrogen and oxygen atoms in total. The molecule has 1 aromatic heterocycles. The quantitative estimate of drug-likeness (QED) is 0.499. The third-order valence-corrected chi connectivity index (χ3v) is 3.18. The Hall–Kier alpha value is -2.17. The van der Waals surface area contributed by atoms with Crippen molar-refractivity contribution < 1.29 is 9.94 Å². The Labute approximate surface area is 106 Å². The number of hydrogen-bond acceptors (Lipinski definition) is 3. The zero-order valence-corrected chi connectivity index (χ0v) is 11.0. The smallest absolute Gasteiger partial charge is 0.331 e. The number of aromatic nitrogens is 2. The highest BCUT2D eigenvalue weighted by Gasteiger charge is 2.23. The Balaban J connectivity index is 2.53. The first-order chi connectivity index (χ1) is 8.43. The summed E-state index contributed by atoms with van der Waals surface area (Å²) < 4.78 is 1.69. The number of anilines is 1. The normalized spacial score (nSPS) is 10.7. The topological polar surface area (TPSA) is 55.3 Å². The van der Waals surface area contributed by atoms with Crippen LogP contribution in [0.4, 0.5) is 5.69 Å². The molecular formula is C13H17N3O2. The average Bonchev–Trinajstić information content (AvgIpc) is 2.54. The molecule has 1 heterocycles. The van der Waals surface area contributed by atoms with E-state index in [0.29, 0.717) is 17.0 Å². The molecule has 96 valence electrons. The van der Waals surface area contributed by atoms with Crippen molar-refractivity contribution in [2.75, 3.05) is 19.0 Å². The molecule has 0 unspecified atom stereocenters. The molecular weight excluding hydrogens is 230 g/mol. The molecule has 5 heteroatoms. The average molecular weight is 247 g/mol. The Bertz CT molecular complexity index is 545. The van der Waals surface area contributed by atoms with Crippen LogP contribution in [-0.4, -0.2) is 24.0 Å². The van der Waals surface area contributed by atoms with Crippen molar-refractivity contribution >= 4 is 5.69 Å². The van der Waals surface area contributed by atoms with Crippen molar-refractivity contribution in [1.29, 1.82) is 0 Å². The molecule has 0 amide bonds. The van der Waals surface area contributed by atoms with E-state index in [0.717, 1.165) is 15.1 Å². The van der Waals surface area contributed by atoms with Crippen molar-refractivity contribution in [1.82, 2.24) is 4.73 Å². The maximum absolute atomic E-state index is 12.0. The van der Waals surface area contributed by atoms with E-state index in [2.05, 4.69) is 0 Å². The number of rotatable bonds is 2. The molecule has 0 saturated carbocycles. The predicted molar refractivity (Wildman–Crippen MR) is 69.8 cm³/mol. The standard InChI is InChI=1S/C13H17N3O2/c1-9-10(2)16(18)13(15(9)17)11-5-7-12(8-6-11)14(3)4/h5-8,17H,1-4H3. The van der Waals surface area contributed by atoms with Crippen molar-refractivity contribution in [2.24, 2.45) is 0 Å². The molecule has 0 aliphatic heterocycles. The van der Waals surface area contributed by atoms with Gasteiger partial charge in [0.25, 0.3) is 0 Å². The molecule has 0 saturated heterocycles. The minimum atomic E-state index is 0.246. The van der Waals surface area contributed by atoms with E-state index in [1.54, 1.807) is 13.8 Å². The fourth-order valence-electron chi connectivity index (χ4n) is 1.85. The Kier molecular flexibility index (Phi) is 2.90. The van der Waals surface area contributed by atoms with Crippen molar-refractivity contribution in [2.45, 2.75) is 13.8 Å². The lowest BCUT2D eigenvalue weighted by atomic mass is 10.2. The SMILES string of the molecule is Cc1c(C)[n+]([O-])c(-c2ccc(N(C)C)cc2)n1O. The minimum absolute atomic E-state index is 0.246. The van der Waals surface area contributed by atoms with Crippen LogP contribution in [0.1, 0.15) is 11.4 Å². The van der Waals surface area contributed by atoms with Gasteiger partial charge in [0.2, 0.25) is 0 Å². The van der Waals surface area contributed by atoms with Gasteiger partial charge in [-0.05, 0) is 29.0 Å². The number of benzene rings is 1. The van der Waals surface area contributed by atoms with Crippen LogP contribution in [0.25, 0.3) is 11.4 Å². The number of nitrogens with zero attached hydrogens (tertiary/aromatic N) is 3. The highest BCUT2D eigenvalue weighted by Crippen LogP contribution is 2.21. The van der Waals surface area contributed by atoms with Crippen LogP contribution in [0.5, 0.6) is 0 Å². The van der Waals surface area contributed by atoms with Gasteiger partial charge in [0, 0.05) is 33.6 Å². The molecule has 0 radical (unpaired) electrons. The fourth-order valence-corrected chi connectivity index (χ4v) is 1.85. The summed E-state index contributed by atoms with van der Waals surface area (Å²) in [6.45, 7) is 3.40. The maximum Gasteiger partial charge on any atom is 0.331 e. The molecule has 0 aliphatic rings. The lowest BCUT2D eigenvalue weighted by Gasteiger charge is -2.12. The van der Waals surface area contributed by atoms with Crippen molar-refractivity contribution in [3.8, 4) is 11.4 Å². The molecule has 1 aromatic carbocycles. The molecule has 2 rings (SSSR count). The fraction of sp³-hybridized carbons (Fsp3) is 0.308. The summed E-state index contributed by atoms with van der Waals surface area (Å²) in [7, 11) is 3.90. The first kappa shape index (κ1) is 12.3. The van der Waals surface area contributed by atoms with Gasteiger partial charge in [0.05, 0.1) is 5.56 Å². The van der Waals surface area contributed by atoms with Gasteiger partial charge in [0.15, 0.2) is 5.69 Å². The molecule has 0 aliphatic carbocycles. The summed E-state index contributed by atoms with van der Waals surface area (Å²) in [5.41, 5.74) is 2.79. The molecule has 2 aromatic rings. The Morgan fingerprint density at radius 1 is 1.17 bits per heavy atom. The maximum atomic E-state index is 12.0. The van der Waals surface area contributed by atoms with Crippen molar-refractivity contribution in [3.05, 3.63) is 40.9 Å². The summed E-state index contributed by atoms with van der Waals surface area (Å²) in [5.74, 6) is 0.246. The molecule has 0 spiro atoms. The van der Waals surface area contributed by atoms with E-state index >= 15 is 0 Å². The van der Waals surface area contributed by atoms with Crippen LogP contribution >= 0.6 is 0 Å². The van der Waals surface area contributed by atoms with Crippen LogP contribution in [0.3, 0.4) is 0 Å². The van der Waals surface area contributed by atoms with E-state index in [-0.39, 0.29) is 5.82 Å². The van der Waals surface area contributed by atoms with Crippen LogP contribution in [0.2, 0.25) is 0 Å². The van der Waals surface area contributed by atoms with Gasteiger partial charge in [-0.3, -0.25) is 0 Å². The van der Waals surface area contributed by atoms with E-state index in [4.69, 9.17) is 0 Å². The van der Waals surface area contributed by atoms with E-state index in [1.807, 2.05) is 43.3 Å². The minimum Gasteiger partial charge on any atom is -0.710 e. The van der Waals surface area contributed by atoms with Crippen molar-refractivity contribution in [3.63, 3.8) is 0 Å². The summed E-state index contributed by atoms with van der Waals surface area (Å²) in [6.07, 6.45) is 0. The van der Waals surface area contributed by atoms with Gasteiger partial charge in [-0.25, -0.2) is 4.73 Å². The van der Waals surface area contributed by atoms with E-state index in [9.17, 15) is 10.4 Å². The third kappa shape index (κ3) is 1.77.